The standard InChI is InChI=1S/C24H28ClF3N4OS/c1-2-32-20(12-23-9-14-5-15(10-23)7-16(6-14)11-23)30-31-22(32)34-13-21(33)29-19-8-17(24(26,27)28)3-4-18(19)25/h3-4,8,14-16H,2,5-7,9-13H2,1H3,(H,29,33). The van der Waals surface area contributed by atoms with Gasteiger partial charge in [0.15, 0.2) is 5.16 Å². The number of carbonyl (C=O) groups excluding carboxylic acids is 1. The number of aromatic nitrogens is 3. The van der Waals surface area contributed by atoms with Crippen LogP contribution in [0.5, 0.6) is 0 Å². The van der Waals surface area contributed by atoms with E-state index < -0.39 is 17.6 Å². The number of amides is 1. The fraction of sp³-hybridized carbons (Fsp3) is 0.625. The molecule has 5 nitrogen and oxygen atoms in total. The minimum atomic E-state index is -4.51. The van der Waals surface area contributed by atoms with Crippen LogP contribution < -0.4 is 5.32 Å². The third-order valence-corrected chi connectivity index (χ3v) is 9.00. The van der Waals surface area contributed by atoms with E-state index in [1.165, 1.54) is 50.3 Å². The van der Waals surface area contributed by atoms with Crippen molar-refractivity contribution in [3.63, 3.8) is 0 Å². The average molecular weight is 513 g/mol. The number of hydrogen-bond acceptors (Lipinski definition) is 4. The van der Waals surface area contributed by atoms with Crippen LogP contribution in [0.4, 0.5) is 18.9 Å². The van der Waals surface area contributed by atoms with E-state index in [2.05, 4.69) is 20.1 Å². The number of nitrogens with zero attached hydrogens (tertiary/aromatic N) is 3. The average Bonchev–Trinajstić information content (AvgIpc) is 3.12. The van der Waals surface area contributed by atoms with Crippen molar-refractivity contribution in [3.8, 4) is 0 Å². The maximum absolute atomic E-state index is 13.0. The van der Waals surface area contributed by atoms with E-state index >= 15 is 0 Å². The Balaban J connectivity index is 1.24. The van der Waals surface area contributed by atoms with E-state index in [1.54, 1.807) is 0 Å². The fourth-order valence-corrected chi connectivity index (χ4v) is 7.82. The van der Waals surface area contributed by atoms with Crippen LogP contribution in [0.3, 0.4) is 0 Å². The van der Waals surface area contributed by atoms with Crippen LogP contribution >= 0.6 is 23.4 Å². The first-order chi connectivity index (χ1) is 16.1. The molecule has 0 saturated heterocycles. The Bertz CT molecular complexity index is 1050. The number of benzene rings is 1. The van der Waals surface area contributed by atoms with Crippen molar-refractivity contribution in [2.24, 2.45) is 23.2 Å². The predicted octanol–water partition coefficient (Wildman–Crippen LogP) is 6.46. The molecule has 0 radical (unpaired) electrons. The molecule has 184 valence electrons. The van der Waals surface area contributed by atoms with Crippen molar-refractivity contribution in [3.05, 3.63) is 34.6 Å². The van der Waals surface area contributed by atoms with Crippen LogP contribution in [0.2, 0.25) is 5.02 Å². The number of thioether (sulfide) groups is 1. The van der Waals surface area contributed by atoms with E-state index in [4.69, 9.17) is 11.6 Å². The lowest BCUT2D eigenvalue weighted by Crippen LogP contribution is -2.47. The molecule has 4 bridgehead atoms. The summed E-state index contributed by atoms with van der Waals surface area (Å²) in [6, 6.07) is 2.88. The summed E-state index contributed by atoms with van der Waals surface area (Å²) in [7, 11) is 0. The van der Waals surface area contributed by atoms with Gasteiger partial charge in [-0.25, -0.2) is 0 Å². The molecule has 0 atom stereocenters. The van der Waals surface area contributed by atoms with E-state index in [0.717, 1.165) is 48.2 Å². The molecule has 0 aliphatic heterocycles. The summed E-state index contributed by atoms with van der Waals surface area (Å²) in [5.41, 5.74) is -0.574. The number of alkyl halides is 3. The van der Waals surface area contributed by atoms with Crippen molar-refractivity contribution in [2.75, 3.05) is 11.1 Å². The van der Waals surface area contributed by atoms with Gasteiger partial charge in [0, 0.05) is 13.0 Å². The highest BCUT2D eigenvalue weighted by molar-refractivity contribution is 7.99. The van der Waals surface area contributed by atoms with Gasteiger partial charge in [-0.3, -0.25) is 4.79 Å². The van der Waals surface area contributed by atoms with Gasteiger partial charge >= 0.3 is 6.18 Å². The monoisotopic (exact) mass is 512 g/mol. The van der Waals surface area contributed by atoms with Gasteiger partial charge in [-0.15, -0.1) is 10.2 Å². The Morgan fingerprint density at radius 1 is 1.18 bits per heavy atom. The smallest absolute Gasteiger partial charge is 0.324 e. The highest BCUT2D eigenvalue weighted by Crippen LogP contribution is 2.61. The van der Waals surface area contributed by atoms with Crippen LogP contribution in [-0.4, -0.2) is 26.4 Å². The van der Waals surface area contributed by atoms with Gasteiger partial charge in [-0.2, -0.15) is 13.2 Å². The van der Waals surface area contributed by atoms with Crippen LogP contribution in [0.15, 0.2) is 23.4 Å². The largest absolute Gasteiger partial charge is 0.416 e. The lowest BCUT2D eigenvalue weighted by atomic mass is 9.49. The van der Waals surface area contributed by atoms with Crippen molar-refractivity contribution < 1.29 is 18.0 Å². The summed E-state index contributed by atoms with van der Waals surface area (Å²) in [5.74, 6) is 3.13. The lowest BCUT2D eigenvalue weighted by molar-refractivity contribution is -0.137. The molecule has 2 aromatic rings. The van der Waals surface area contributed by atoms with Crippen LogP contribution in [-0.2, 0) is 23.9 Å². The molecule has 0 spiro atoms. The molecule has 1 heterocycles. The zero-order chi connectivity index (χ0) is 24.1. The summed E-state index contributed by atoms with van der Waals surface area (Å²) < 4.78 is 41.0. The first kappa shape index (κ1) is 24.0. The van der Waals surface area contributed by atoms with Crippen molar-refractivity contribution in [2.45, 2.75) is 69.7 Å². The first-order valence-electron chi connectivity index (χ1n) is 11.9. The minimum Gasteiger partial charge on any atom is -0.324 e. The predicted molar refractivity (Wildman–Crippen MR) is 126 cm³/mol. The zero-order valence-electron chi connectivity index (χ0n) is 19.0. The summed E-state index contributed by atoms with van der Waals surface area (Å²) in [6.07, 6.45) is 4.48. The molecular weight excluding hydrogens is 485 g/mol. The van der Waals surface area contributed by atoms with E-state index in [0.29, 0.717) is 17.1 Å². The van der Waals surface area contributed by atoms with Crippen LogP contribution in [0.25, 0.3) is 0 Å². The second kappa shape index (κ2) is 9.04. The molecule has 1 N–H and O–H groups in total. The summed E-state index contributed by atoms with van der Waals surface area (Å²) in [4.78, 5) is 12.5. The summed E-state index contributed by atoms with van der Waals surface area (Å²) in [5, 5.41) is 12.0. The third-order valence-electron chi connectivity index (χ3n) is 7.71. The highest BCUT2D eigenvalue weighted by Gasteiger charge is 2.51. The normalized spacial score (nSPS) is 27.9. The molecular formula is C24H28ClF3N4OS. The van der Waals surface area contributed by atoms with Gasteiger partial charge in [0.1, 0.15) is 5.82 Å². The van der Waals surface area contributed by atoms with Crippen molar-refractivity contribution in [1.29, 1.82) is 0 Å². The van der Waals surface area contributed by atoms with Crippen molar-refractivity contribution >= 4 is 35.0 Å². The molecule has 1 aromatic carbocycles. The number of nitrogens with one attached hydrogen (secondary N) is 1. The molecule has 4 fully saturated rings. The molecule has 1 amide bonds. The second-order valence-corrected chi connectivity index (χ2v) is 11.6. The Morgan fingerprint density at radius 3 is 2.41 bits per heavy atom. The van der Waals surface area contributed by atoms with Gasteiger partial charge < -0.3 is 9.88 Å². The van der Waals surface area contributed by atoms with E-state index in [9.17, 15) is 18.0 Å². The Morgan fingerprint density at radius 2 is 1.82 bits per heavy atom. The Labute approximate surface area is 206 Å². The number of hydrogen-bond donors (Lipinski definition) is 1. The van der Waals surface area contributed by atoms with Gasteiger partial charge in [0.05, 0.1) is 22.0 Å². The second-order valence-electron chi connectivity index (χ2n) is 10.3. The molecule has 4 aliphatic rings. The van der Waals surface area contributed by atoms with Crippen LogP contribution in [0, 0.1) is 23.2 Å². The van der Waals surface area contributed by atoms with E-state index in [1.807, 2.05) is 6.92 Å². The Hall–Kier alpha value is -1.74. The third kappa shape index (κ3) is 4.83. The van der Waals surface area contributed by atoms with Gasteiger partial charge in [0.2, 0.25) is 5.91 Å². The van der Waals surface area contributed by atoms with Gasteiger partial charge in [-0.05, 0) is 86.8 Å². The molecule has 10 heteroatoms. The SMILES string of the molecule is CCn1c(CC23CC4CC(CC(C4)C2)C3)nnc1SCC(=O)Nc1cc(C(F)(F)F)ccc1Cl. The molecule has 6 rings (SSSR count). The van der Waals surface area contributed by atoms with Gasteiger partial charge in [-0.1, -0.05) is 23.4 Å². The number of carbonyl (C=O) groups is 1. The van der Waals surface area contributed by atoms with E-state index in [-0.39, 0.29) is 16.5 Å². The van der Waals surface area contributed by atoms with Crippen molar-refractivity contribution in [1.82, 2.24) is 14.8 Å². The zero-order valence-corrected chi connectivity index (χ0v) is 20.6. The molecule has 4 aliphatic carbocycles. The quantitative estimate of drug-likeness (QED) is 0.432. The fourth-order valence-electron chi connectivity index (χ4n) is 6.83. The highest BCUT2D eigenvalue weighted by atomic mass is 35.5. The maximum Gasteiger partial charge on any atom is 0.416 e. The maximum atomic E-state index is 13.0. The molecule has 34 heavy (non-hydrogen) atoms. The summed E-state index contributed by atoms with van der Waals surface area (Å²) in [6.45, 7) is 2.75. The molecule has 1 aromatic heterocycles. The molecule has 0 unspecified atom stereocenters. The Kier molecular flexibility index (Phi) is 6.38. The first-order valence-corrected chi connectivity index (χ1v) is 13.2. The number of anilines is 1. The van der Waals surface area contributed by atoms with Crippen LogP contribution in [0.1, 0.15) is 56.8 Å². The topological polar surface area (TPSA) is 59.8 Å². The molecule has 4 saturated carbocycles. The lowest BCUT2D eigenvalue weighted by Gasteiger charge is -2.56. The number of halogens is 4. The number of rotatable bonds is 7. The van der Waals surface area contributed by atoms with Gasteiger partial charge in [0.25, 0.3) is 0 Å². The minimum absolute atomic E-state index is 0.00206. The summed E-state index contributed by atoms with van der Waals surface area (Å²) >= 11 is 7.23.